The summed E-state index contributed by atoms with van der Waals surface area (Å²) in [7, 11) is 0. The molecule has 0 radical (unpaired) electrons. The molecule has 0 spiro atoms. The van der Waals surface area contributed by atoms with Crippen molar-refractivity contribution in [2.24, 2.45) is 0 Å². The molecule has 5 nitrogen and oxygen atoms in total. The van der Waals surface area contributed by atoms with Crippen molar-refractivity contribution in [2.45, 2.75) is 38.8 Å². The van der Waals surface area contributed by atoms with Gasteiger partial charge >= 0.3 is 0 Å². The molecule has 1 aromatic heterocycles. The highest BCUT2D eigenvalue weighted by Crippen LogP contribution is 2.34. The molecule has 178 valence electrons. The first-order chi connectivity index (χ1) is 16.5. The number of hydrogen-bond acceptors (Lipinski definition) is 4. The lowest BCUT2D eigenvalue weighted by atomic mass is 10.00. The summed E-state index contributed by atoms with van der Waals surface area (Å²) in [6, 6.07) is 16.7. The van der Waals surface area contributed by atoms with Gasteiger partial charge in [0.05, 0.1) is 6.04 Å². The van der Waals surface area contributed by atoms with Gasteiger partial charge in [0.1, 0.15) is 24.7 Å². The Labute approximate surface area is 203 Å². The van der Waals surface area contributed by atoms with Crippen LogP contribution in [-0.4, -0.2) is 47.4 Å². The van der Waals surface area contributed by atoms with Crippen LogP contribution >= 0.6 is 11.3 Å². The van der Waals surface area contributed by atoms with Crippen LogP contribution in [-0.2, 0) is 11.2 Å². The van der Waals surface area contributed by atoms with E-state index in [2.05, 4.69) is 0 Å². The van der Waals surface area contributed by atoms with E-state index in [1.165, 1.54) is 17.0 Å². The van der Waals surface area contributed by atoms with E-state index in [0.717, 1.165) is 18.4 Å². The third kappa shape index (κ3) is 5.30. The van der Waals surface area contributed by atoms with E-state index in [1.807, 2.05) is 48.4 Å². The zero-order chi connectivity index (χ0) is 24.1. The van der Waals surface area contributed by atoms with Crippen LogP contribution in [0.25, 0.3) is 0 Å². The Morgan fingerprint density at radius 2 is 1.97 bits per heavy atom. The van der Waals surface area contributed by atoms with E-state index in [1.54, 1.807) is 40.5 Å². The van der Waals surface area contributed by atoms with Gasteiger partial charge in [0.15, 0.2) is 0 Å². The first kappa shape index (κ1) is 24.0. The quantitative estimate of drug-likeness (QED) is 0.438. The number of carbonyl (C=O) groups excluding carboxylic acids is 2. The van der Waals surface area contributed by atoms with Crippen molar-refractivity contribution in [2.75, 3.05) is 19.7 Å². The zero-order valence-corrected chi connectivity index (χ0v) is 20.3. The average Bonchev–Trinajstić information content (AvgIpc) is 3.34. The number of hydrogen-bond donors (Lipinski definition) is 0. The normalized spacial score (nSPS) is 16.0. The lowest BCUT2D eigenvalue weighted by molar-refractivity contribution is -0.136. The van der Waals surface area contributed by atoms with Crippen molar-refractivity contribution >= 4 is 23.2 Å². The van der Waals surface area contributed by atoms with E-state index < -0.39 is 0 Å². The second-order valence-electron chi connectivity index (χ2n) is 8.48. The predicted molar refractivity (Wildman–Crippen MR) is 132 cm³/mol. The number of ether oxygens (including phenoxy) is 1. The molecular weight excluding hydrogens is 451 g/mol. The third-order valence-corrected chi connectivity index (χ3v) is 7.33. The minimum atomic E-state index is -0.367. The molecule has 0 fully saturated rings. The standard InChI is InChI=1S/C27H29FN2O3S/c1-3-19(2)30(27(32)20-8-5-4-6-9-20)17-26(31)29-14-12-25-23(13-15-34-25)24(29)18-33-22-11-7-10-21(28)16-22/h4-11,13,15-16,19,24H,3,12,14,17-18H2,1-2H3/t19-,24-/m0/s1. The van der Waals surface area contributed by atoms with Crippen LogP contribution in [0.5, 0.6) is 5.75 Å². The monoisotopic (exact) mass is 480 g/mol. The fraction of sp³-hybridized carbons (Fsp3) is 0.333. The van der Waals surface area contributed by atoms with Crippen LogP contribution < -0.4 is 4.74 Å². The highest BCUT2D eigenvalue weighted by Gasteiger charge is 2.34. The van der Waals surface area contributed by atoms with Gasteiger partial charge in [-0.05, 0) is 61.0 Å². The molecule has 1 aliphatic heterocycles. The van der Waals surface area contributed by atoms with Gasteiger partial charge in [-0.2, -0.15) is 0 Å². The van der Waals surface area contributed by atoms with Crippen LogP contribution in [0.1, 0.15) is 47.1 Å². The van der Waals surface area contributed by atoms with Crippen LogP contribution in [0.2, 0.25) is 0 Å². The fourth-order valence-electron chi connectivity index (χ4n) is 4.24. The number of nitrogens with zero attached hydrogens (tertiary/aromatic N) is 2. The number of thiophene rings is 1. The molecule has 0 saturated heterocycles. The zero-order valence-electron chi connectivity index (χ0n) is 19.4. The molecule has 0 saturated carbocycles. The van der Waals surface area contributed by atoms with E-state index >= 15 is 0 Å². The third-order valence-electron chi connectivity index (χ3n) is 6.33. The Balaban J connectivity index is 1.54. The average molecular weight is 481 g/mol. The summed E-state index contributed by atoms with van der Waals surface area (Å²) in [5, 5.41) is 2.03. The fourth-order valence-corrected chi connectivity index (χ4v) is 5.17. The van der Waals surface area contributed by atoms with Crippen LogP contribution in [0.4, 0.5) is 4.39 Å². The second kappa shape index (κ2) is 10.8. The minimum Gasteiger partial charge on any atom is -0.491 e. The molecule has 3 aromatic rings. The molecule has 1 aliphatic rings. The Morgan fingerprint density at radius 1 is 1.18 bits per heavy atom. The molecule has 2 atom stereocenters. The van der Waals surface area contributed by atoms with Gasteiger partial charge in [-0.3, -0.25) is 9.59 Å². The molecular formula is C27H29FN2O3S. The predicted octanol–water partition coefficient (Wildman–Crippen LogP) is 5.33. The van der Waals surface area contributed by atoms with Gasteiger partial charge < -0.3 is 14.5 Å². The highest BCUT2D eigenvalue weighted by atomic mass is 32.1. The Bertz CT molecular complexity index is 1130. The maximum Gasteiger partial charge on any atom is 0.254 e. The topological polar surface area (TPSA) is 49.9 Å². The lowest BCUT2D eigenvalue weighted by Gasteiger charge is -2.38. The molecule has 2 aromatic carbocycles. The highest BCUT2D eigenvalue weighted by molar-refractivity contribution is 7.10. The molecule has 34 heavy (non-hydrogen) atoms. The Kier molecular flexibility index (Phi) is 7.63. The van der Waals surface area contributed by atoms with Crippen LogP contribution in [0.3, 0.4) is 0 Å². The van der Waals surface area contributed by atoms with Crippen molar-refractivity contribution in [3.8, 4) is 5.75 Å². The Morgan fingerprint density at radius 3 is 2.71 bits per heavy atom. The number of amides is 2. The van der Waals surface area contributed by atoms with Crippen molar-refractivity contribution in [1.29, 1.82) is 0 Å². The maximum absolute atomic E-state index is 13.6. The molecule has 0 N–H and O–H groups in total. The van der Waals surface area contributed by atoms with Crippen LogP contribution in [0, 0.1) is 5.82 Å². The summed E-state index contributed by atoms with van der Waals surface area (Å²) in [6.07, 6.45) is 1.51. The summed E-state index contributed by atoms with van der Waals surface area (Å²) in [6.45, 7) is 4.74. The molecule has 7 heteroatoms. The van der Waals surface area contributed by atoms with Gasteiger partial charge in [0.25, 0.3) is 5.91 Å². The van der Waals surface area contributed by atoms with Crippen molar-refractivity contribution in [3.63, 3.8) is 0 Å². The smallest absolute Gasteiger partial charge is 0.254 e. The van der Waals surface area contributed by atoms with Gasteiger partial charge in [0, 0.05) is 29.1 Å². The molecule has 2 amide bonds. The van der Waals surface area contributed by atoms with E-state index in [-0.39, 0.29) is 42.9 Å². The summed E-state index contributed by atoms with van der Waals surface area (Å²) in [4.78, 5) is 31.5. The summed E-state index contributed by atoms with van der Waals surface area (Å²) >= 11 is 1.67. The first-order valence-corrected chi connectivity index (χ1v) is 12.5. The second-order valence-corrected chi connectivity index (χ2v) is 9.48. The van der Waals surface area contributed by atoms with Crippen LogP contribution in [0.15, 0.2) is 66.0 Å². The van der Waals surface area contributed by atoms with E-state index in [0.29, 0.717) is 17.9 Å². The molecule has 0 aliphatic carbocycles. The number of rotatable bonds is 8. The maximum atomic E-state index is 13.6. The van der Waals surface area contributed by atoms with Gasteiger partial charge in [0.2, 0.25) is 5.91 Å². The van der Waals surface area contributed by atoms with Gasteiger partial charge in [-0.1, -0.05) is 31.2 Å². The largest absolute Gasteiger partial charge is 0.491 e. The molecule has 4 rings (SSSR count). The minimum absolute atomic E-state index is 0.00132. The SMILES string of the molecule is CC[C@H](C)N(CC(=O)N1CCc2sccc2[C@@H]1COc1cccc(F)c1)C(=O)c1ccccc1. The number of halogens is 1. The Hall–Kier alpha value is -3.19. The first-order valence-electron chi connectivity index (χ1n) is 11.6. The number of fused-ring (bicyclic) bond motifs is 1. The lowest BCUT2D eigenvalue weighted by Crippen LogP contribution is -2.49. The summed E-state index contributed by atoms with van der Waals surface area (Å²) in [5.74, 6) is -0.206. The molecule has 0 unspecified atom stereocenters. The van der Waals surface area contributed by atoms with Crippen molar-refractivity contribution in [1.82, 2.24) is 9.80 Å². The van der Waals surface area contributed by atoms with Crippen molar-refractivity contribution in [3.05, 3.63) is 87.9 Å². The van der Waals surface area contributed by atoms with Gasteiger partial charge in [-0.25, -0.2) is 4.39 Å². The molecule has 0 bridgehead atoms. The molecule has 2 heterocycles. The van der Waals surface area contributed by atoms with Gasteiger partial charge in [-0.15, -0.1) is 11.3 Å². The number of benzene rings is 2. The number of carbonyl (C=O) groups is 2. The van der Waals surface area contributed by atoms with E-state index in [9.17, 15) is 14.0 Å². The summed E-state index contributed by atoms with van der Waals surface area (Å²) in [5.41, 5.74) is 1.63. The van der Waals surface area contributed by atoms with E-state index in [4.69, 9.17) is 4.74 Å². The van der Waals surface area contributed by atoms with Crippen molar-refractivity contribution < 1.29 is 18.7 Å². The summed E-state index contributed by atoms with van der Waals surface area (Å²) < 4.78 is 19.5.